The molecule has 8 nitrogen and oxygen atoms in total. The molecule has 23 heavy (non-hydrogen) atoms. The molecule has 128 valence electrons. The van der Waals surface area contributed by atoms with Crippen molar-refractivity contribution in [3.63, 3.8) is 0 Å². The minimum atomic E-state index is -3.93. The molecule has 0 bridgehead atoms. The number of rotatable bonds is 2. The molecule has 2 aliphatic rings. The molecule has 2 atom stereocenters. The molecule has 0 unspecified atom stereocenters. The van der Waals surface area contributed by atoms with E-state index in [9.17, 15) is 18.0 Å². The van der Waals surface area contributed by atoms with Crippen molar-refractivity contribution >= 4 is 10.0 Å². The fourth-order valence-electron chi connectivity index (χ4n) is 3.57. The first kappa shape index (κ1) is 16.4. The molecular weight excluding hydrogens is 320 g/mol. The molecule has 3 heterocycles. The molecule has 2 fully saturated rings. The van der Waals surface area contributed by atoms with Gasteiger partial charge in [-0.2, -0.15) is 4.31 Å². The lowest BCUT2D eigenvalue weighted by Gasteiger charge is -2.41. The normalized spacial score (nSPS) is 26.4. The van der Waals surface area contributed by atoms with Crippen molar-refractivity contribution in [2.45, 2.75) is 36.7 Å². The van der Waals surface area contributed by atoms with Crippen LogP contribution in [0.15, 0.2) is 20.7 Å². The van der Waals surface area contributed by atoms with Gasteiger partial charge in [-0.1, -0.05) is 0 Å². The van der Waals surface area contributed by atoms with E-state index >= 15 is 0 Å². The molecule has 3 rings (SSSR count). The van der Waals surface area contributed by atoms with Crippen LogP contribution in [0.25, 0.3) is 0 Å². The number of hydrogen-bond acceptors (Lipinski definition) is 5. The SMILES string of the molecule is C[C@@H]1CN2CCC[C@@H]2CN1S(=O)(=O)c1cn(C)c(=O)n(C)c1=O. The van der Waals surface area contributed by atoms with Gasteiger partial charge in [0, 0.05) is 45.5 Å². The van der Waals surface area contributed by atoms with Gasteiger partial charge in [-0.05, 0) is 26.3 Å². The Morgan fingerprint density at radius 2 is 1.87 bits per heavy atom. The number of sulfonamides is 1. The van der Waals surface area contributed by atoms with Crippen molar-refractivity contribution in [3.05, 3.63) is 27.0 Å². The van der Waals surface area contributed by atoms with E-state index in [-0.39, 0.29) is 17.0 Å². The largest absolute Gasteiger partial charge is 0.330 e. The van der Waals surface area contributed by atoms with Crippen LogP contribution < -0.4 is 11.2 Å². The van der Waals surface area contributed by atoms with Gasteiger partial charge in [0.05, 0.1) is 0 Å². The predicted octanol–water partition coefficient (Wildman–Crippen LogP) is -1.06. The van der Waals surface area contributed by atoms with Gasteiger partial charge in [0.15, 0.2) is 4.90 Å². The topological polar surface area (TPSA) is 84.6 Å². The van der Waals surface area contributed by atoms with Gasteiger partial charge < -0.3 is 4.57 Å². The minimum Gasteiger partial charge on any atom is -0.302 e. The van der Waals surface area contributed by atoms with E-state index in [1.165, 1.54) is 18.4 Å². The predicted molar refractivity (Wildman–Crippen MR) is 84.9 cm³/mol. The molecule has 0 N–H and O–H groups in total. The smallest absolute Gasteiger partial charge is 0.302 e. The number of aromatic nitrogens is 2. The first-order chi connectivity index (χ1) is 10.7. The van der Waals surface area contributed by atoms with Crippen LogP contribution in [0.3, 0.4) is 0 Å². The van der Waals surface area contributed by atoms with Crippen LogP contribution in [0.2, 0.25) is 0 Å². The van der Waals surface area contributed by atoms with E-state index in [4.69, 9.17) is 0 Å². The highest BCUT2D eigenvalue weighted by Gasteiger charge is 2.41. The number of nitrogens with zero attached hydrogens (tertiary/aromatic N) is 4. The summed E-state index contributed by atoms with van der Waals surface area (Å²) in [6.07, 6.45) is 3.19. The van der Waals surface area contributed by atoms with Crippen molar-refractivity contribution in [1.82, 2.24) is 18.3 Å². The number of fused-ring (bicyclic) bond motifs is 1. The third-order valence-corrected chi connectivity index (χ3v) is 6.84. The van der Waals surface area contributed by atoms with Crippen LogP contribution in [-0.2, 0) is 24.1 Å². The second-order valence-corrected chi connectivity index (χ2v) is 8.32. The Morgan fingerprint density at radius 3 is 2.57 bits per heavy atom. The van der Waals surface area contributed by atoms with Crippen LogP contribution in [-0.4, -0.2) is 58.5 Å². The Kier molecular flexibility index (Phi) is 3.97. The lowest BCUT2D eigenvalue weighted by molar-refractivity contribution is 0.117. The highest BCUT2D eigenvalue weighted by Crippen LogP contribution is 2.27. The summed E-state index contributed by atoms with van der Waals surface area (Å²) in [7, 11) is -1.19. The molecule has 0 radical (unpaired) electrons. The molecule has 2 saturated heterocycles. The summed E-state index contributed by atoms with van der Waals surface area (Å²) in [6, 6.07) is 0.0219. The molecule has 9 heteroatoms. The first-order valence-electron chi connectivity index (χ1n) is 7.76. The highest BCUT2D eigenvalue weighted by atomic mass is 32.2. The zero-order valence-electron chi connectivity index (χ0n) is 13.6. The lowest BCUT2D eigenvalue weighted by Crippen LogP contribution is -2.57. The van der Waals surface area contributed by atoms with Gasteiger partial charge in [-0.25, -0.2) is 13.2 Å². The fraction of sp³-hybridized carbons (Fsp3) is 0.714. The van der Waals surface area contributed by atoms with E-state index < -0.39 is 21.3 Å². The summed E-state index contributed by atoms with van der Waals surface area (Å²) < 4.78 is 29.4. The van der Waals surface area contributed by atoms with Crippen LogP contribution in [0.4, 0.5) is 0 Å². The number of aryl methyl sites for hydroxylation is 1. The molecule has 1 aromatic heterocycles. The summed E-state index contributed by atoms with van der Waals surface area (Å²) in [5.74, 6) is 0. The van der Waals surface area contributed by atoms with Crippen LogP contribution in [0, 0.1) is 0 Å². The minimum absolute atomic E-state index is 0.198. The van der Waals surface area contributed by atoms with Crippen molar-refractivity contribution in [1.29, 1.82) is 0 Å². The zero-order valence-corrected chi connectivity index (χ0v) is 14.4. The van der Waals surface area contributed by atoms with E-state index in [2.05, 4.69) is 4.90 Å². The third-order valence-electron chi connectivity index (χ3n) is 4.88. The second-order valence-electron chi connectivity index (χ2n) is 6.47. The zero-order chi connectivity index (χ0) is 16.9. The van der Waals surface area contributed by atoms with Crippen molar-refractivity contribution in [2.75, 3.05) is 19.6 Å². The summed E-state index contributed by atoms with van der Waals surface area (Å²) >= 11 is 0. The molecule has 2 aliphatic heterocycles. The Hall–Kier alpha value is -1.45. The summed E-state index contributed by atoms with van der Waals surface area (Å²) in [5, 5.41) is 0. The van der Waals surface area contributed by atoms with Gasteiger partial charge in [-0.3, -0.25) is 14.3 Å². The van der Waals surface area contributed by atoms with Crippen molar-refractivity contribution in [2.24, 2.45) is 14.1 Å². The molecule has 1 aromatic rings. The van der Waals surface area contributed by atoms with Crippen LogP contribution in [0.5, 0.6) is 0 Å². The Labute approximate surface area is 135 Å². The van der Waals surface area contributed by atoms with Gasteiger partial charge in [0.1, 0.15) is 0 Å². The van der Waals surface area contributed by atoms with E-state index in [1.807, 2.05) is 6.92 Å². The maximum absolute atomic E-state index is 13.0. The van der Waals surface area contributed by atoms with Crippen molar-refractivity contribution in [3.8, 4) is 0 Å². The quantitative estimate of drug-likeness (QED) is 0.684. The lowest BCUT2D eigenvalue weighted by atomic mass is 10.1. The van der Waals surface area contributed by atoms with Gasteiger partial charge >= 0.3 is 5.69 Å². The maximum atomic E-state index is 13.0. The van der Waals surface area contributed by atoms with Crippen LogP contribution in [0.1, 0.15) is 19.8 Å². The van der Waals surface area contributed by atoms with Crippen LogP contribution >= 0.6 is 0 Å². The molecular formula is C14H22N4O4S. The molecule has 0 aliphatic carbocycles. The Bertz CT molecular complexity index is 841. The average molecular weight is 342 g/mol. The molecule has 0 spiro atoms. The standard InChI is InChI=1S/C14H22N4O4S/c1-10-7-17-6-4-5-11(17)8-18(10)23(21,22)12-9-15(2)14(20)16(3)13(12)19/h9-11H,4-8H2,1-3H3/t10-,11-/m1/s1. The van der Waals surface area contributed by atoms with Crippen molar-refractivity contribution < 1.29 is 8.42 Å². The number of piperazine rings is 1. The Morgan fingerprint density at radius 1 is 1.17 bits per heavy atom. The highest BCUT2D eigenvalue weighted by molar-refractivity contribution is 7.89. The van der Waals surface area contributed by atoms with Gasteiger partial charge in [0.25, 0.3) is 5.56 Å². The molecule has 0 aromatic carbocycles. The Balaban J connectivity index is 2.05. The summed E-state index contributed by atoms with van der Waals surface area (Å²) in [6.45, 7) is 3.94. The second kappa shape index (κ2) is 5.57. The van der Waals surface area contributed by atoms with Gasteiger partial charge in [-0.15, -0.1) is 0 Å². The third kappa shape index (κ3) is 2.56. The maximum Gasteiger partial charge on any atom is 0.330 e. The van der Waals surface area contributed by atoms with E-state index in [0.29, 0.717) is 13.1 Å². The van der Waals surface area contributed by atoms with E-state index in [1.54, 1.807) is 0 Å². The molecule has 0 amide bonds. The molecule has 0 saturated carbocycles. The van der Waals surface area contributed by atoms with Gasteiger partial charge in [0.2, 0.25) is 10.0 Å². The fourth-order valence-corrected chi connectivity index (χ4v) is 5.38. The summed E-state index contributed by atoms with van der Waals surface area (Å²) in [5.41, 5.74) is -1.31. The first-order valence-corrected chi connectivity index (χ1v) is 9.20. The number of hydrogen-bond donors (Lipinski definition) is 0. The summed E-state index contributed by atoms with van der Waals surface area (Å²) in [4.78, 5) is 26.1. The van der Waals surface area contributed by atoms with E-state index in [0.717, 1.165) is 34.7 Å². The monoisotopic (exact) mass is 342 g/mol. The average Bonchev–Trinajstić information content (AvgIpc) is 2.94.